The molecule has 0 saturated carbocycles. The van der Waals surface area contributed by atoms with E-state index in [-0.39, 0.29) is 30.1 Å². The van der Waals surface area contributed by atoms with E-state index in [1.54, 1.807) is 18.2 Å². The monoisotopic (exact) mass is 573 g/mol. The van der Waals surface area contributed by atoms with Gasteiger partial charge in [0.2, 0.25) is 21.8 Å². The molecule has 0 fully saturated rings. The van der Waals surface area contributed by atoms with Gasteiger partial charge in [-0.3, -0.25) is 13.9 Å². The Balaban J connectivity index is 2.06. The van der Waals surface area contributed by atoms with Crippen molar-refractivity contribution in [3.63, 3.8) is 0 Å². The number of halogens is 2. The van der Waals surface area contributed by atoms with Crippen LogP contribution in [0.25, 0.3) is 0 Å². The van der Waals surface area contributed by atoms with Gasteiger partial charge in [-0.25, -0.2) is 12.8 Å². The molecule has 39 heavy (non-hydrogen) atoms. The van der Waals surface area contributed by atoms with Gasteiger partial charge < -0.3 is 10.2 Å². The third kappa shape index (κ3) is 8.80. The Morgan fingerprint density at radius 1 is 0.974 bits per heavy atom. The van der Waals surface area contributed by atoms with Gasteiger partial charge in [-0.15, -0.1) is 0 Å². The van der Waals surface area contributed by atoms with E-state index in [9.17, 15) is 22.4 Å². The molecular weight excluding hydrogens is 541 g/mol. The smallest absolute Gasteiger partial charge is 0.244 e. The number of carbonyl (C=O) groups is 2. The Morgan fingerprint density at radius 3 is 2.26 bits per heavy atom. The van der Waals surface area contributed by atoms with Crippen molar-refractivity contribution >= 4 is 39.1 Å². The van der Waals surface area contributed by atoms with Crippen LogP contribution in [0.5, 0.6) is 0 Å². The van der Waals surface area contributed by atoms with Crippen LogP contribution >= 0.6 is 11.6 Å². The Hall–Kier alpha value is -3.43. The van der Waals surface area contributed by atoms with Crippen LogP contribution in [0.1, 0.15) is 25.0 Å². The quantitative estimate of drug-likeness (QED) is 0.341. The second-order valence-corrected chi connectivity index (χ2v) is 12.1. The van der Waals surface area contributed by atoms with Gasteiger partial charge in [0.25, 0.3) is 0 Å². The maximum atomic E-state index is 14.8. The largest absolute Gasteiger partial charge is 0.354 e. The third-order valence-electron chi connectivity index (χ3n) is 6.03. The minimum atomic E-state index is -3.92. The van der Waals surface area contributed by atoms with Crippen LogP contribution in [0.2, 0.25) is 5.02 Å². The standard InChI is InChI=1S/C29H33ClFN3O4S/c1-21(2)18-32-29(36)27(16-22-10-5-4-6-11-22)33(19-23-12-7-8-15-26(23)31)28(35)20-34(39(3,37)38)25-14-9-13-24(30)17-25/h4-15,17,21,27H,16,18-20H2,1-3H3,(H,32,36)/t27-/m0/s1. The molecule has 1 N–H and O–H groups in total. The number of benzene rings is 3. The van der Waals surface area contributed by atoms with Crippen LogP contribution in [0.4, 0.5) is 10.1 Å². The molecule has 3 aromatic rings. The Kier molecular flexibility index (Phi) is 10.5. The number of anilines is 1. The van der Waals surface area contributed by atoms with Gasteiger partial charge in [0, 0.05) is 30.1 Å². The summed E-state index contributed by atoms with van der Waals surface area (Å²) in [5.74, 6) is -1.45. The van der Waals surface area contributed by atoms with Crippen molar-refractivity contribution in [3.05, 3.63) is 101 Å². The number of hydrogen-bond acceptors (Lipinski definition) is 4. The van der Waals surface area contributed by atoms with E-state index < -0.39 is 40.2 Å². The van der Waals surface area contributed by atoms with E-state index >= 15 is 0 Å². The maximum absolute atomic E-state index is 14.8. The van der Waals surface area contributed by atoms with Gasteiger partial charge in [0.05, 0.1) is 11.9 Å². The van der Waals surface area contributed by atoms with Crippen molar-refractivity contribution in [1.82, 2.24) is 10.2 Å². The number of nitrogens with one attached hydrogen (secondary N) is 1. The van der Waals surface area contributed by atoms with E-state index in [0.717, 1.165) is 16.1 Å². The number of hydrogen-bond donors (Lipinski definition) is 1. The summed E-state index contributed by atoms with van der Waals surface area (Å²) in [5.41, 5.74) is 1.20. The molecule has 0 heterocycles. The predicted octanol–water partition coefficient (Wildman–Crippen LogP) is 4.66. The summed E-state index contributed by atoms with van der Waals surface area (Å²) in [6.45, 7) is 3.44. The Labute approximate surface area is 234 Å². The van der Waals surface area contributed by atoms with Crippen LogP contribution in [0.15, 0.2) is 78.9 Å². The average molecular weight is 574 g/mol. The zero-order valence-corrected chi connectivity index (χ0v) is 23.8. The number of amides is 2. The zero-order valence-electron chi connectivity index (χ0n) is 22.2. The predicted molar refractivity (Wildman–Crippen MR) is 152 cm³/mol. The zero-order chi connectivity index (χ0) is 28.6. The van der Waals surface area contributed by atoms with Gasteiger partial charge in [0.15, 0.2) is 0 Å². The lowest BCUT2D eigenvalue weighted by atomic mass is 10.0. The van der Waals surface area contributed by atoms with E-state index in [1.165, 1.54) is 35.2 Å². The lowest BCUT2D eigenvalue weighted by molar-refractivity contribution is -0.140. The fourth-order valence-electron chi connectivity index (χ4n) is 4.03. The fraction of sp³-hybridized carbons (Fsp3) is 0.310. The molecular formula is C29H33ClFN3O4S. The molecule has 208 valence electrons. The average Bonchev–Trinajstić information content (AvgIpc) is 2.88. The van der Waals surface area contributed by atoms with Crippen molar-refractivity contribution in [2.45, 2.75) is 32.9 Å². The molecule has 0 bridgehead atoms. The van der Waals surface area contributed by atoms with Crippen LogP contribution < -0.4 is 9.62 Å². The first-order valence-electron chi connectivity index (χ1n) is 12.5. The molecule has 0 spiro atoms. The molecule has 0 aromatic heterocycles. The number of sulfonamides is 1. The van der Waals surface area contributed by atoms with Gasteiger partial charge in [0.1, 0.15) is 18.4 Å². The highest BCUT2D eigenvalue weighted by molar-refractivity contribution is 7.92. The third-order valence-corrected chi connectivity index (χ3v) is 7.41. The highest BCUT2D eigenvalue weighted by Gasteiger charge is 2.33. The summed E-state index contributed by atoms with van der Waals surface area (Å²) in [4.78, 5) is 28.7. The van der Waals surface area contributed by atoms with Crippen LogP contribution in [-0.2, 0) is 32.6 Å². The molecule has 0 aliphatic heterocycles. The van der Waals surface area contributed by atoms with E-state index in [2.05, 4.69) is 5.32 Å². The van der Waals surface area contributed by atoms with Crippen molar-refractivity contribution < 1.29 is 22.4 Å². The molecule has 0 unspecified atom stereocenters. The second kappa shape index (κ2) is 13.6. The summed E-state index contributed by atoms with van der Waals surface area (Å²) in [6, 6.07) is 20.3. The minimum absolute atomic E-state index is 0.154. The number of rotatable bonds is 12. The molecule has 2 amide bonds. The fourth-order valence-corrected chi connectivity index (χ4v) is 5.06. The molecule has 7 nitrogen and oxygen atoms in total. The highest BCUT2D eigenvalue weighted by atomic mass is 35.5. The summed E-state index contributed by atoms with van der Waals surface area (Å²) < 4.78 is 41.2. The summed E-state index contributed by atoms with van der Waals surface area (Å²) in [7, 11) is -3.92. The SMILES string of the molecule is CC(C)CNC(=O)[C@H](Cc1ccccc1)N(Cc1ccccc1F)C(=O)CN(c1cccc(Cl)c1)S(C)(=O)=O. The van der Waals surface area contributed by atoms with Crippen molar-refractivity contribution in [3.8, 4) is 0 Å². The molecule has 3 rings (SSSR count). The molecule has 3 aromatic carbocycles. The normalized spacial score (nSPS) is 12.2. The molecule has 0 saturated heterocycles. The molecule has 10 heteroatoms. The van der Waals surface area contributed by atoms with Gasteiger partial charge in [-0.2, -0.15) is 0 Å². The van der Waals surface area contributed by atoms with Crippen LogP contribution in [0.3, 0.4) is 0 Å². The molecule has 0 aliphatic rings. The topological polar surface area (TPSA) is 86.8 Å². The maximum Gasteiger partial charge on any atom is 0.244 e. The van der Waals surface area contributed by atoms with Crippen molar-refractivity contribution in [1.29, 1.82) is 0 Å². The van der Waals surface area contributed by atoms with E-state index in [0.29, 0.717) is 11.6 Å². The molecule has 1 atom stereocenters. The van der Waals surface area contributed by atoms with Crippen molar-refractivity contribution in [2.75, 3.05) is 23.7 Å². The number of nitrogens with zero attached hydrogens (tertiary/aromatic N) is 2. The van der Waals surface area contributed by atoms with Crippen LogP contribution in [-0.4, -0.2) is 50.5 Å². The van der Waals surface area contributed by atoms with Gasteiger partial charge >= 0.3 is 0 Å². The highest BCUT2D eigenvalue weighted by Crippen LogP contribution is 2.23. The number of carbonyl (C=O) groups excluding carboxylic acids is 2. The first-order valence-corrected chi connectivity index (χ1v) is 14.8. The second-order valence-electron chi connectivity index (χ2n) is 9.71. The first-order chi connectivity index (χ1) is 18.5. The molecule has 0 radical (unpaired) electrons. The van der Waals surface area contributed by atoms with Crippen LogP contribution in [0, 0.1) is 11.7 Å². The minimum Gasteiger partial charge on any atom is -0.354 e. The van der Waals surface area contributed by atoms with E-state index in [4.69, 9.17) is 11.6 Å². The summed E-state index contributed by atoms with van der Waals surface area (Å²) >= 11 is 6.09. The van der Waals surface area contributed by atoms with E-state index in [1.807, 2.05) is 44.2 Å². The Bertz CT molecular complexity index is 1390. The Morgan fingerprint density at radius 2 is 1.64 bits per heavy atom. The van der Waals surface area contributed by atoms with Gasteiger partial charge in [-0.05, 0) is 35.7 Å². The summed E-state index contributed by atoms with van der Waals surface area (Å²) in [5, 5.41) is 3.18. The summed E-state index contributed by atoms with van der Waals surface area (Å²) in [6.07, 6.45) is 1.14. The van der Waals surface area contributed by atoms with Crippen molar-refractivity contribution in [2.24, 2.45) is 5.92 Å². The first kappa shape index (κ1) is 30.1. The van der Waals surface area contributed by atoms with Gasteiger partial charge in [-0.1, -0.05) is 80.0 Å². The lowest BCUT2D eigenvalue weighted by Gasteiger charge is -2.33. The molecule has 0 aliphatic carbocycles. The lowest BCUT2D eigenvalue weighted by Crippen LogP contribution is -2.53.